The summed E-state index contributed by atoms with van der Waals surface area (Å²) in [6.45, 7) is 0.575. The van der Waals surface area contributed by atoms with Crippen molar-refractivity contribution in [2.24, 2.45) is 5.73 Å². The SMILES string of the molecule is NC(CC(=O)O)C(=O)N1CCc2ccccc21. The molecule has 0 fully saturated rings. The number of amides is 1. The fourth-order valence-corrected chi connectivity index (χ4v) is 2.04. The molecule has 3 N–H and O–H groups in total. The summed E-state index contributed by atoms with van der Waals surface area (Å²) >= 11 is 0. The summed E-state index contributed by atoms with van der Waals surface area (Å²) in [5.41, 5.74) is 7.53. The second kappa shape index (κ2) is 4.55. The Labute approximate surface area is 98.8 Å². The number of carboxylic acids is 1. The Hall–Kier alpha value is -1.88. The van der Waals surface area contributed by atoms with Crippen LogP contribution >= 0.6 is 0 Å². The number of carbonyl (C=O) groups is 2. The van der Waals surface area contributed by atoms with Crippen LogP contribution in [0.25, 0.3) is 0 Å². The fourth-order valence-electron chi connectivity index (χ4n) is 2.04. The molecule has 0 aromatic heterocycles. The Morgan fingerprint density at radius 1 is 1.41 bits per heavy atom. The largest absolute Gasteiger partial charge is 0.481 e. The van der Waals surface area contributed by atoms with Crippen molar-refractivity contribution in [3.05, 3.63) is 29.8 Å². The van der Waals surface area contributed by atoms with Crippen molar-refractivity contribution in [1.82, 2.24) is 0 Å². The van der Waals surface area contributed by atoms with Gasteiger partial charge in [0.1, 0.15) is 0 Å². The maximum Gasteiger partial charge on any atom is 0.305 e. The van der Waals surface area contributed by atoms with Crippen LogP contribution in [0.15, 0.2) is 24.3 Å². The van der Waals surface area contributed by atoms with Crippen molar-refractivity contribution in [3.8, 4) is 0 Å². The number of anilines is 1. The van der Waals surface area contributed by atoms with E-state index in [1.165, 1.54) is 0 Å². The maximum absolute atomic E-state index is 12.0. The van der Waals surface area contributed by atoms with Crippen LogP contribution in [-0.4, -0.2) is 29.6 Å². The normalized spacial score (nSPS) is 15.5. The number of rotatable bonds is 3. The summed E-state index contributed by atoms with van der Waals surface area (Å²) in [4.78, 5) is 24.1. The topological polar surface area (TPSA) is 83.6 Å². The van der Waals surface area contributed by atoms with Gasteiger partial charge >= 0.3 is 5.97 Å². The summed E-state index contributed by atoms with van der Waals surface area (Å²) in [7, 11) is 0. The quantitative estimate of drug-likeness (QED) is 0.791. The molecular weight excluding hydrogens is 220 g/mol. The molecule has 1 amide bonds. The molecule has 1 aliphatic rings. The number of benzene rings is 1. The smallest absolute Gasteiger partial charge is 0.305 e. The third kappa shape index (κ3) is 2.29. The molecule has 90 valence electrons. The number of nitrogens with two attached hydrogens (primary N) is 1. The van der Waals surface area contributed by atoms with Gasteiger partial charge in [-0.15, -0.1) is 0 Å². The molecule has 0 aliphatic carbocycles. The summed E-state index contributed by atoms with van der Waals surface area (Å²) in [5, 5.41) is 8.62. The number of aliphatic carboxylic acids is 1. The molecule has 1 aliphatic heterocycles. The molecule has 0 radical (unpaired) electrons. The highest BCUT2D eigenvalue weighted by Crippen LogP contribution is 2.27. The summed E-state index contributed by atoms with van der Waals surface area (Å²) in [5.74, 6) is -1.38. The van der Waals surface area contributed by atoms with Crippen molar-refractivity contribution < 1.29 is 14.7 Å². The van der Waals surface area contributed by atoms with Gasteiger partial charge in [0, 0.05) is 12.2 Å². The van der Waals surface area contributed by atoms with E-state index < -0.39 is 12.0 Å². The number of carboxylic acid groups (broad SMARTS) is 1. The summed E-state index contributed by atoms with van der Waals surface area (Å²) in [6, 6.07) is 6.62. The molecule has 1 heterocycles. The average Bonchev–Trinajstić information content (AvgIpc) is 2.70. The first-order chi connectivity index (χ1) is 8.09. The maximum atomic E-state index is 12.0. The van der Waals surface area contributed by atoms with Gasteiger partial charge in [-0.1, -0.05) is 18.2 Å². The van der Waals surface area contributed by atoms with Crippen LogP contribution in [-0.2, 0) is 16.0 Å². The third-order valence-corrected chi connectivity index (χ3v) is 2.86. The second-order valence-corrected chi connectivity index (χ2v) is 4.07. The third-order valence-electron chi connectivity index (χ3n) is 2.86. The second-order valence-electron chi connectivity index (χ2n) is 4.07. The number of hydrogen-bond acceptors (Lipinski definition) is 3. The molecule has 1 atom stereocenters. The lowest BCUT2D eigenvalue weighted by Crippen LogP contribution is -2.44. The van der Waals surface area contributed by atoms with Crippen LogP contribution in [0, 0.1) is 0 Å². The molecule has 0 saturated carbocycles. The molecule has 2 rings (SSSR count). The molecule has 5 nitrogen and oxygen atoms in total. The number of carbonyl (C=O) groups excluding carboxylic acids is 1. The van der Waals surface area contributed by atoms with Crippen molar-refractivity contribution in [2.45, 2.75) is 18.9 Å². The summed E-state index contributed by atoms with van der Waals surface area (Å²) < 4.78 is 0. The van der Waals surface area contributed by atoms with Crippen molar-refractivity contribution >= 4 is 17.6 Å². The monoisotopic (exact) mass is 234 g/mol. The van der Waals surface area contributed by atoms with Crippen molar-refractivity contribution in [1.29, 1.82) is 0 Å². The average molecular weight is 234 g/mol. The molecule has 1 aromatic carbocycles. The standard InChI is InChI=1S/C12H14N2O3/c13-9(7-11(15)16)12(17)14-6-5-8-3-1-2-4-10(8)14/h1-4,9H,5-7,13H2,(H,15,16). The zero-order chi connectivity index (χ0) is 12.4. The molecule has 1 aromatic rings. The Bertz CT molecular complexity index is 459. The minimum absolute atomic E-state index is 0.322. The Morgan fingerprint density at radius 3 is 2.82 bits per heavy atom. The molecule has 0 bridgehead atoms. The lowest BCUT2D eigenvalue weighted by atomic mass is 10.1. The van der Waals surface area contributed by atoms with Crippen LogP contribution < -0.4 is 10.6 Å². The number of hydrogen-bond donors (Lipinski definition) is 2. The van der Waals surface area contributed by atoms with E-state index in [-0.39, 0.29) is 12.3 Å². The van der Waals surface area contributed by atoms with E-state index >= 15 is 0 Å². The van der Waals surface area contributed by atoms with Crippen molar-refractivity contribution in [3.63, 3.8) is 0 Å². The van der Waals surface area contributed by atoms with E-state index in [1.807, 2.05) is 24.3 Å². The molecule has 17 heavy (non-hydrogen) atoms. The Kier molecular flexibility index (Phi) is 3.10. The van der Waals surface area contributed by atoms with Gasteiger partial charge in [-0.25, -0.2) is 0 Å². The highest BCUT2D eigenvalue weighted by Gasteiger charge is 2.28. The van der Waals surface area contributed by atoms with Crippen LogP contribution in [0.3, 0.4) is 0 Å². The fraction of sp³-hybridized carbons (Fsp3) is 0.333. The van der Waals surface area contributed by atoms with Gasteiger partial charge in [-0.3, -0.25) is 9.59 Å². The summed E-state index contributed by atoms with van der Waals surface area (Å²) in [6.07, 6.45) is 0.458. The van der Waals surface area contributed by atoms with E-state index in [0.29, 0.717) is 6.54 Å². The van der Waals surface area contributed by atoms with E-state index in [2.05, 4.69) is 0 Å². The van der Waals surface area contributed by atoms with E-state index in [4.69, 9.17) is 10.8 Å². The lowest BCUT2D eigenvalue weighted by molar-refractivity contribution is -0.139. The molecule has 5 heteroatoms. The van der Waals surface area contributed by atoms with Gasteiger partial charge in [0.05, 0.1) is 12.5 Å². The van der Waals surface area contributed by atoms with Crippen molar-refractivity contribution in [2.75, 3.05) is 11.4 Å². The van der Waals surface area contributed by atoms with Crippen LogP contribution in [0.1, 0.15) is 12.0 Å². The Balaban J connectivity index is 2.15. The zero-order valence-electron chi connectivity index (χ0n) is 9.30. The molecule has 1 unspecified atom stereocenters. The van der Waals surface area contributed by atoms with E-state index in [9.17, 15) is 9.59 Å². The molecule has 0 saturated heterocycles. The van der Waals surface area contributed by atoms with Crippen LogP contribution in [0.4, 0.5) is 5.69 Å². The first kappa shape index (κ1) is 11.6. The van der Waals surface area contributed by atoms with E-state index in [0.717, 1.165) is 17.7 Å². The Morgan fingerprint density at radius 2 is 2.12 bits per heavy atom. The highest BCUT2D eigenvalue weighted by atomic mass is 16.4. The zero-order valence-corrected chi connectivity index (χ0v) is 9.30. The number of fused-ring (bicyclic) bond motifs is 1. The predicted molar refractivity (Wildman–Crippen MR) is 62.7 cm³/mol. The highest BCUT2D eigenvalue weighted by molar-refractivity contribution is 6.00. The lowest BCUT2D eigenvalue weighted by Gasteiger charge is -2.20. The van der Waals surface area contributed by atoms with Gasteiger partial charge in [-0.05, 0) is 18.1 Å². The van der Waals surface area contributed by atoms with Crippen LogP contribution in [0.5, 0.6) is 0 Å². The molecule has 0 spiro atoms. The predicted octanol–water partition coefficient (Wildman–Crippen LogP) is 0.378. The van der Waals surface area contributed by atoms with Gasteiger partial charge in [0.15, 0.2) is 0 Å². The van der Waals surface area contributed by atoms with Crippen LogP contribution in [0.2, 0.25) is 0 Å². The first-order valence-corrected chi connectivity index (χ1v) is 5.46. The number of nitrogens with zero attached hydrogens (tertiary/aromatic N) is 1. The van der Waals surface area contributed by atoms with Gasteiger partial charge in [-0.2, -0.15) is 0 Å². The van der Waals surface area contributed by atoms with Gasteiger partial charge < -0.3 is 15.7 Å². The molecular formula is C12H14N2O3. The number of para-hydroxylation sites is 1. The minimum Gasteiger partial charge on any atom is -0.481 e. The van der Waals surface area contributed by atoms with E-state index in [1.54, 1.807) is 4.90 Å². The van der Waals surface area contributed by atoms with Gasteiger partial charge in [0.2, 0.25) is 5.91 Å². The van der Waals surface area contributed by atoms with Gasteiger partial charge in [0.25, 0.3) is 0 Å². The minimum atomic E-state index is -1.06. The first-order valence-electron chi connectivity index (χ1n) is 5.46.